The molecule has 1 aromatic carbocycles. The van der Waals surface area contributed by atoms with E-state index >= 15 is 0 Å². The van der Waals surface area contributed by atoms with Crippen molar-refractivity contribution in [1.82, 2.24) is 5.32 Å². The van der Waals surface area contributed by atoms with Gasteiger partial charge in [0.1, 0.15) is 0 Å². The van der Waals surface area contributed by atoms with E-state index in [0.717, 1.165) is 13.1 Å². The van der Waals surface area contributed by atoms with Gasteiger partial charge in [0.25, 0.3) is 0 Å². The Bertz CT molecular complexity index is 464. The zero-order valence-electron chi connectivity index (χ0n) is 9.16. The predicted octanol–water partition coefficient (Wildman–Crippen LogP) is 4.29. The molecule has 1 nitrogen and oxygen atoms in total. The standard InChI is InChI=1S/C13H14BrNS/c1-2-15-9-10-5-3-4-6-11(10)13-12(14)7-8-16-13/h3-8,15H,2,9H2,1H3. The van der Waals surface area contributed by atoms with Gasteiger partial charge in [-0.25, -0.2) is 0 Å². The molecule has 0 aliphatic heterocycles. The van der Waals surface area contributed by atoms with Gasteiger partial charge in [-0.3, -0.25) is 0 Å². The molecule has 0 aliphatic carbocycles. The van der Waals surface area contributed by atoms with Crippen LogP contribution in [0.1, 0.15) is 12.5 Å². The molecule has 0 amide bonds. The number of benzene rings is 1. The fraction of sp³-hybridized carbons (Fsp3) is 0.231. The minimum atomic E-state index is 0.928. The van der Waals surface area contributed by atoms with Crippen LogP contribution in [0, 0.1) is 0 Å². The summed E-state index contributed by atoms with van der Waals surface area (Å²) in [6.45, 7) is 4.06. The van der Waals surface area contributed by atoms with Gasteiger partial charge < -0.3 is 5.32 Å². The Balaban J connectivity index is 2.37. The van der Waals surface area contributed by atoms with Crippen molar-refractivity contribution in [2.24, 2.45) is 0 Å². The van der Waals surface area contributed by atoms with Crippen LogP contribution in [0.4, 0.5) is 0 Å². The van der Waals surface area contributed by atoms with Crippen molar-refractivity contribution in [3.05, 3.63) is 45.7 Å². The maximum Gasteiger partial charge on any atom is 0.0488 e. The van der Waals surface area contributed by atoms with Crippen LogP contribution in [0.5, 0.6) is 0 Å². The molecular formula is C13H14BrNS. The summed E-state index contributed by atoms with van der Waals surface area (Å²) >= 11 is 5.37. The first-order valence-corrected chi connectivity index (χ1v) is 7.02. The van der Waals surface area contributed by atoms with E-state index in [4.69, 9.17) is 0 Å². The van der Waals surface area contributed by atoms with Crippen LogP contribution in [-0.2, 0) is 6.54 Å². The minimum absolute atomic E-state index is 0.928. The van der Waals surface area contributed by atoms with E-state index in [1.165, 1.54) is 20.5 Å². The normalized spacial score (nSPS) is 10.6. The summed E-state index contributed by atoms with van der Waals surface area (Å²) < 4.78 is 1.18. The molecule has 2 rings (SSSR count). The Morgan fingerprint density at radius 2 is 2.06 bits per heavy atom. The monoisotopic (exact) mass is 295 g/mol. The number of nitrogens with one attached hydrogen (secondary N) is 1. The quantitative estimate of drug-likeness (QED) is 0.887. The second kappa shape index (κ2) is 5.62. The lowest BCUT2D eigenvalue weighted by molar-refractivity contribution is 0.728. The summed E-state index contributed by atoms with van der Waals surface area (Å²) in [6, 6.07) is 10.7. The molecular weight excluding hydrogens is 282 g/mol. The van der Waals surface area contributed by atoms with Crippen molar-refractivity contribution >= 4 is 27.3 Å². The maximum atomic E-state index is 3.60. The van der Waals surface area contributed by atoms with Gasteiger partial charge in [-0.1, -0.05) is 31.2 Å². The molecule has 84 valence electrons. The molecule has 0 saturated carbocycles. The van der Waals surface area contributed by atoms with Gasteiger partial charge in [0, 0.05) is 15.9 Å². The zero-order chi connectivity index (χ0) is 11.4. The molecule has 0 saturated heterocycles. The number of hydrogen-bond donors (Lipinski definition) is 1. The van der Waals surface area contributed by atoms with Gasteiger partial charge in [-0.05, 0) is 45.0 Å². The van der Waals surface area contributed by atoms with Gasteiger partial charge in [0.05, 0.1) is 0 Å². The average Bonchev–Trinajstić information content (AvgIpc) is 2.73. The molecule has 0 fully saturated rings. The fourth-order valence-electron chi connectivity index (χ4n) is 1.64. The molecule has 16 heavy (non-hydrogen) atoms. The molecule has 1 heterocycles. The lowest BCUT2D eigenvalue weighted by Crippen LogP contribution is -2.12. The van der Waals surface area contributed by atoms with Crippen molar-refractivity contribution in [2.75, 3.05) is 6.54 Å². The molecule has 1 aromatic heterocycles. The maximum absolute atomic E-state index is 3.60. The van der Waals surface area contributed by atoms with Crippen LogP contribution in [0.2, 0.25) is 0 Å². The summed E-state index contributed by atoms with van der Waals surface area (Å²) in [4.78, 5) is 1.31. The summed E-state index contributed by atoms with van der Waals surface area (Å²) in [5.41, 5.74) is 2.68. The summed E-state index contributed by atoms with van der Waals surface area (Å²) in [6.07, 6.45) is 0. The Kier molecular flexibility index (Phi) is 4.16. The highest BCUT2D eigenvalue weighted by Crippen LogP contribution is 2.35. The van der Waals surface area contributed by atoms with Crippen LogP contribution in [0.25, 0.3) is 10.4 Å². The minimum Gasteiger partial charge on any atom is -0.313 e. The number of thiophene rings is 1. The molecule has 1 N–H and O–H groups in total. The Labute approximate surface area is 109 Å². The smallest absolute Gasteiger partial charge is 0.0488 e. The van der Waals surface area contributed by atoms with Crippen molar-refractivity contribution in [1.29, 1.82) is 0 Å². The van der Waals surface area contributed by atoms with Crippen molar-refractivity contribution < 1.29 is 0 Å². The third-order valence-electron chi connectivity index (χ3n) is 2.44. The van der Waals surface area contributed by atoms with E-state index in [1.807, 2.05) is 0 Å². The van der Waals surface area contributed by atoms with E-state index in [1.54, 1.807) is 11.3 Å². The molecule has 0 radical (unpaired) electrons. The van der Waals surface area contributed by atoms with Crippen LogP contribution in [-0.4, -0.2) is 6.54 Å². The molecule has 0 aliphatic rings. The average molecular weight is 296 g/mol. The first kappa shape index (κ1) is 11.8. The molecule has 0 atom stereocenters. The van der Waals surface area contributed by atoms with E-state index in [0.29, 0.717) is 0 Å². The highest BCUT2D eigenvalue weighted by atomic mass is 79.9. The van der Waals surface area contributed by atoms with Crippen LogP contribution in [0.3, 0.4) is 0 Å². The Morgan fingerprint density at radius 3 is 2.75 bits per heavy atom. The van der Waals surface area contributed by atoms with Gasteiger partial charge in [-0.15, -0.1) is 11.3 Å². The van der Waals surface area contributed by atoms with Gasteiger partial charge in [-0.2, -0.15) is 0 Å². The van der Waals surface area contributed by atoms with E-state index in [-0.39, 0.29) is 0 Å². The summed E-state index contributed by atoms with van der Waals surface area (Å²) in [5, 5.41) is 5.49. The predicted molar refractivity (Wildman–Crippen MR) is 74.8 cm³/mol. The van der Waals surface area contributed by atoms with Crippen LogP contribution < -0.4 is 5.32 Å². The second-order valence-corrected chi connectivity index (χ2v) is 5.31. The largest absolute Gasteiger partial charge is 0.313 e. The summed E-state index contributed by atoms with van der Waals surface area (Å²) in [5.74, 6) is 0. The Hall–Kier alpha value is -0.640. The highest BCUT2D eigenvalue weighted by molar-refractivity contribution is 9.10. The lowest BCUT2D eigenvalue weighted by atomic mass is 10.1. The third kappa shape index (κ3) is 2.54. The van der Waals surface area contributed by atoms with E-state index < -0.39 is 0 Å². The molecule has 0 unspecified atom stereocenters. The van der Waals surface area contributed by atoms with Gasteiger partial charge >= 0.3 is 0 Å². The first-order valence-electron chi connectivity index (χ1n) is 5.35. The third-order valence-corrected chi connectivity index (χ3v) is 4.32. The van der Waals surface area contributed by atoms with Crippen molar-refractivity contribution in [3.63, 3.8) is 0 Å². The summed E-state index contributed by atoms with van der Waals surface area (Å²) in [7, 11) is 0. The molecule has 3 heteroatoms. The van der Waals surface area contributed by atoms with Gasteiger partial charge in [0.2, 0.25) is 0 Å². The van der Waals surface area contributed by atoms with Crippen molar-refractivity contribution in [3.8, 4) is 10.4 Å². The van der Waals surface area contributed by atoms with E-state index in [2.05, 4.69) is 63.9 Å². The van der Waals surface area contributed by atoms with Gasteiger partial charge in [0.15, 0.2) is 0 Å². The Morgan fingerprint density at radius 1 is 1.25 bits per heavy atom. The molecule has 0 bridgehead atoms. The number of halogens is 1. The molecule has 2 aromatic rings. The molecule has 0 spiro atoms. The lowest BCUT2D eigenvalue weighted by Gasteiger charge is -2.08. The number of hydrogen-bond acceptors (Lipinski definition) is 2. The second-order valence-electron chi connectivity index (χ2n) is 3.54. The zero-order valence-corrected chi connectivity index (χ0v) is 11.6. The number of rotatable bonds is 4. The van der Waals surface area contributed by atoms with Crippen molar-refractivity contribution in [2.45, 2.75) is 13.5 Å². The first-order chi connectivity index (χ1) is 7.83. The fourth-order valence-corrected chi connectivity index (χ4v) is 3.29. The topological polar surface area (TPSA) is 12.0 Å². The van der Waals surface area contributed by atoms with Crippen LogP contribution >= 0.6 is 27.3 Å². The SMILES string of the molecule is CCNCc1ccccc1-c1sccc1Br. The van der Waals surface area contributed by atoms with E-state index in [9.17, 15) is 0 Å². The van der Waals surface area contributed by atoms with Crippen LogP contribution in [0.15, 0.2) is 40.2 Å². The highest BCUT2D eigenvalue weighted by Gasteiger charge is 2.08.